The van der Waals surface area contributed by atoms with Crippen LogP contribution < -0.4 is 10.5 Å². The van der Waals surface area contributed by atoms with Crippen molar-refractivity contribution in [2.75, 3.05) is 12.8 Å². The van der Waals surface area contributed by atoms with E-state index in [0.717, 1.165) is 22.2 Å². The SMILES string of the molecule is COc1ccc(Cl)c2c(N)c(C(C)C)c(C)nc12. The minimum atomic E-state index is 0.309. The van der Waals surface area contributed by atoms with Gasteiger partial charge >= 0.3 is 0 Å². The highest BCUT2D eigenvalue weighted by molar-refractivity contribution is 6.36. The summed E-state index contributed by atoms with van der Waals surface area (Å²) in [6.07, 6.45) is 0. The highest BCUT2D eigenvalue weighted by Crippen LogP contribution is 2.38. The van der Waals surface area contributed by atoms with Gasteiger partial charge in [-0.2, -0.15) is 0 Å². The monoisotopic (exact) mass is 264 g/mol. The van der Waals surface area contributed by atoms with Crippen molar-refractivity contribution in [1.82, 2.24) is 4.98 Å². The van der Waals surface area contributed by atoms with Gasteiger partial charge in [0.2, 0.25) is 0 Å². The fraction of sp³-hybridized carbons (Fsp3) is 0.357. The molecule has 18 heavy (non-hydrogen) atoms. The van der Waals surface area contributed by atoms with Gasteiger partial charge in [-0.15, -0.1) is 0 Å². The van der Waals surface area contributed by atoms with Gasteiger partial charge in [0.15, 0.2) is 0 Å². The Kier molecular flexibility index (Phi) is 3.35. The van der Waals surface area contributed by atoms with E-state index in [9.17, 15) is 0 Å². The molecule has 1 aromatic carbocycles. The van der Waals surface area contributed by atoms with E-state index in [1.807, 2.05) is 13.0 Å². The number of benzene rings is 1. The lowest BCUT2D eigenvalue weighted by Gasteiger charge is -2.17. The van der Waals surface area contributed by atoms with Crippen molar-refractivity contribution in [3.8, 4) is 5.75 Å². The summed E-state index contributed by atoms with van der Waals surface area (Å²) in [5, 5.41) is 1.39. The van der Waals surface area contributed by atoms with Gasteiger partial charge in [-0.25, -0.2) is 4.98 Å². The van der Waals surface area contributed by atoms with Crippen LogP contribution >= 0.6 is 11.6 Å². The van der Waals surface area contributed by atoms with Crippen LogP contribution in [0.5, 0.6) is 5.75 Å². The fourth-order valence-electron chi connectivity index (χ4n) is 2.37. The van der Waals surface area contributed by atoms with Crippen molar-refractivity contribution in [2.45, 2.75) is 26.7 Å². The number of ether oxygens (including phenoxy) is 1. The van der Waals surface area contributed by atoms with E-state index in [1.54, 1.807) is 13.2 Å². The molecular weight excluding hydrogens is 248 g/mol. The van der Waals surface area contributed by atoms with Crippen LogP contribution in [0.3, 0.4) is 0 Å². The van der Waals surface area contributed by atoms with Crippen molar-refractivity contribution in [3.05, 3.63) is 28.4 Å². The number of pyridine rings is 1. The number of aryl methyl sites for hydroxylation is 1. The first-order valence-corrected chi connectivity index (χ1v) is 6.27. The minimum absolute atomic E-state index is 0.309. The van der Waals surface area contributed by atoms with E-state index < -0.39 is 0 Å². The number of nitrogens with zero attached hydrogens (tertiary/aromatic N) is 1. The van der Waals surface area contributed by atoms with Crippen LogP contribution in [0.2, 0.25) is 5.02 Å². The molecule has 1 heterocycles. The lowest BCUT2D eigenvalue weighted by Crippen LogP contribution is -2.04. The number of fused-ring (bicyclic) bond motifs is 1. The van der Waals surface area contributed by atoms with Gasteiger partial charge in [0.25, 0.3) is 0 Å². The van der Waals surface area contributed by atoms with Crippen LogP contribution in [-0.2, 0) is 0 Å². The first-order chi connectivity index (χ1) is 8.47. The molecule has 96 valence electrons. The van der Waals surface area contributed by atoms with E-state index in [1.165, 1.54) is 0 Å². The third-order valence-corrected chi connectivity index (χ3v) is 3.43. The number of nitrogen functional groups attached to an aromatic ring is 1. The van der Waals surface area contributed by atoms with Gasteiger partial charge in [-0.3, -0.25) is 0 Å². The van der Waals surface area contributed by atoms with Gasteiger partial charge in [0.1, 0.15) is 11.3 Å². The highest BCUT2D eigenvalue weighted by atomic mass is 35.5. The summed E-state index contributed by atoms with van der Waals surface area (Å²) in [6, 6.07) is 3.60. The quantitative estimate of drug-likeness (QED) is 0.895. The Morgan fingerprint density at radius 2 is 2.00 bits per heavy atom. The number of nitrogens with two attached hydrogens (primary N) is 1. The molecule has 2 aromatic rings. The maximum atomic E-state index is 6.27. The Labute approximate surface area is 112 Å². The van der Waals surface area contributed by atoms with Gasteiger partial charge in [-0.1, -0.05) is 25.4 Å². The molecule has 0 bridgehead atoms. The number of rotatable bonds is 2. The van der Waals surface area contributed by atoms with Gasteiger partial charge < -0.3 is 10.5 Å². The van der Waals surface area contributed by atoms with Crippen molar-refractivity contribution in [2.24, 2.45) is 0 Å². The summed E-state index contributed by atoms with van der Waals surface area (Å²) in [5.74, 6) is 1.00. The van der Waals surface area contributed by atoms with Crippen molar-refractivity contribution >= 4 is 28.2 Å². The molecule has 0 saturated heterocycles. The number of methoxy groups -OCH3 is 1. The van der Waals surface area contributed by atoms with E-state index >= 15 is 0 Å². The molecule has 0 fully saturated rings. The van der Waals surface area contributed by atoms with Crippen molar-refractivity contribution < 1.29 is 4.74 Å². The molecular formula is C14H17ClN2O. The largest absolute Gasteiger partial charge is 0.494 e. The molecule has 2 rings (SSSR count). The lowest BCUT2D eigenvalue weighted by molar-refractivity contribution is 0.419. The molecule has 2 N–H and O–H groups in total. The maximum Gasteiger partial charge on any atom is 0.145 e. The van der Waals surface area contributed by atoms with E-state index in [0.29, 0.717) is 22.4 Å². The van der Waals surface area contributed by atoms with E-state index in [4.69, 9.17) is 22.1 Å². The number of aromatic nitrogens is 1. The third-order valence-electron chi connectivity index (χ3n) is 3.12. The molecule has 3 nitrogen and oxygen atoms in total. The second-order valence-corrected chi connectivity index (χ2v) is 5.06. The molecule has 0 unspecified atom stereocenters. The number of halogens is 1. The normalized spacial score (nSPS) is 11.2. The van der Waals surface area contributed by atoms with Crippen LogP contribution in [0, 0.1) is 6.92 Å². The number of anilines is 1. The average Bonchev–Trinajstić information content (AvgIpc) is 2.28. The standard InChI is InChI=1S/C14H17ClN2O/c1-7(2)11-8(3)17-14-10(18-4)6-5-9(15)12(14)13(11)16/h5-7H,1-4H3,(H2,16,17). The molecule has 0 spiro atoms. The molecule has 1 aromatic heterocycles. The smallest absolute Gasteiger partial charge is 0.145 e. The van der Waals surface area contributed by atoms with Crippen LogP contribution in [0.1, 0.15) is 31.0 Å². The summed E-state index contributed by atoms with van der Waals surface area (Å²) in [4.78, 5) is 4.60. The van der Waals surface area contributed by atoms with Crippen LogP contribution in [-0.4, -0.2) is 12.1 Å². The second kappa shape index (κ2) is 4.65. The Morgan fingerprint density at radius 1 is 1.33 bits per heavy atom. The van der Waals surface area contributed by atoms with Crippen LogP contribution in [0.25, 0.3) is 10.9 Å². The van der Waals surface area contributed by atoms with Gasteiger partial charge in [0, 0.05) is 16.8 Å². The predicted octanol–water partition coefficient (Wildman–Crippen LogP) is 3.91. The Morgan fingerprint density at radius 3 is 2.56 bits per heavy atom. The molecule has 0 aliphatic heterocycles. The van der Waals surface area contributed by atoms with Crippen molar-refractivity contribution in [1.29, 1.82) is 0 Å². The summed E-state index contributed by atoms with van der Waals surface area (Å²) >= 11 is 6.24. The number of hydrogen-bond donors (Lipinski definition) is 1. The van der Waals surface area contributed by atoms with Gasteiger partial charge in [0.05, 0.1) is 12.1 Å². The molecule has 0 amide bonds. The third kappa shape index (κ3) is 1.89. The zero-order valence-corrected chi connectivity index (χ0v) is 11.8. The average molecular weight is 265 g/mol. The fourth-order valence-corrected chi connectivity index (χ4v) is 2.62. The zero-order chi connectivity index (χ0) is 13.4. The second-order valence-electron chi connectivity index (χ2n) is 4.65. The maximum absolute atomic E-state index is 6.27. The Hall–Kier alpha value is -1.48. The summed E-state index contributed by atoms with van der Waals surface area (Å²) in [5.41, 5.74) is 9.68. The Bertz CT molecular complexity index is 609. The van der Waals surface area contributed by atoms with E-state index in [-0.39, 0.29) is 0 Å². The topological polar surface area (TPSA) is 48.1 Å². The molecule has 0 aliphatic carbocycles. The molecule has 4 heteroatoms. The van der Waals surface area contributed by atoms with Gasteiger partial charge in [-0.05, 0) is 30.5 Å². The van der Waals surface area contributed by atoms with Crippen LogP contribution in [0.4, 0.5) is 5.69 Å². The molecule has 0 radical (unpaired) electrons. The summed E-state index contributed by atoms with van der Waals surface area (Å²) < 4.78 is 5.32. The first-order valence-electron chi connectivity index (χ1n) is 5.89. The lowest BCUT2D eigenvalue weighted by atomic mass is 9.97. The van der Waals surface area contributed by atoms with Crippen LogP contribution in [0.15, 0.2) is 12.1 Å². The first kappa shape index (κ1) is 13.0. The Balaban J connectivity index is 2.94. The zero-order valence-electron chi connectivity index (χ0n) is 11.0. The highest BCUT2D eigenvalue weighted by Gasteiger charge is 2.17. The summed E-state index contributed by atoms with van der Waals surface area (Å²) in [6.45, 7) is 6.16. The van der Waals surface area contributed by atoms with Crippen molar-refractivity contribution in [3.63, 3.8) is 0 Å². The molecule has 0 aliphatic rings. The number of hydrogen-bond acceptors (Lipinski definition) is 3. The minimum Gasteiger partial charge on any atom is -0.494 e. The predicted molar refractivity (Wildman–Crippen MR) is 76.5 cm³/mol. The summed E-state index contributed by atoms with van der Waals surface area (Å²) in [7, 11) is 1.62. The van der Waals surface area contributed by atoms with E-state index in [2.05, 4.69) is 18.8 Å². The molecule has 0 saturated carbocycles. The molecule has 0 atom stereocenters.